The highest BCUT2D eigenvalue weighted by Gasteiger charge is 2.55. The minimum atomic E-state index is -3.26. The van der Waals surface area contributed by atoms with Crippen LogP contribution >= 0.6 is 0 Å². The van der Waals surface area contributed by atoms with Crippen LogP contribution in [0.5, 0.6) is 0 Å². The van der Waals surface area contributed by atoms with Gasteiger partial charge in [-0.3, -0.25) is 4.79 Å². The Morgan fingerprint density at radius 3 is 1.53 bits per heavy atom. The van der Waals surface area contributed by atoms with Crippen molar-refractivity contribution in [1.29, 1.82) is 0 Å². The van der Waals surface area contributed by atoms with Crippen LogP contribution in [0.25, 0.3) is 10.4 Å². The molecule has 0 amide bonds. The molecule has 0 aliphatic carbocycles. The minimum Gasteiger partial charge on any atom is -0.470 e. The first-order chi connectivity index (χ1) is 37.6. The monoisotopic (exact) mass is 1050 g/mol. The number of nitrogens with zero attached hydrogens (tertiary/aromatic N) is 3. The third kappa shape index (κ3) is 12.7. The third-order valence-electron chi connectivity index (χ3n) is 14.5. The lowest BCUT2D eigenvalue weighted by atomic mass is 9.67. The first-order valence-electron chi connectivity index (χ1n) is 26.3. The van der Waals surface area contributed by atoms with Gasteiger partial charge in [0, 0.05) is 17.3 Å². The van der Waals surface area contributed by atoms with E-state index < -0.39 is 73.9 Å². The summed E-state index contributed by atoms with van der Waals surface area (Å²) in [5.41, 5.74) is 14.8. The Bertz CT molecular complexity index is 2850. The van der Waals surface area contributed by atoms with Crippen molar-refractivity contribution in [2.24, 2.45) is 5.11 Å². The molecule has 0 N–H and O–H groups in total. The van der Waals surface area contributed by atoms with Crippen molar-refractivity contribution in [1.82, 2.24) is 0 Å². The second kappa shape index (κ2) is 25.8. The molecule has 1 fully saturated rings. The van der Waals surface area contributed by atoms with Gasteiger partial charge in [-0.05, 0) is 61.3 Å². The molecule has 7 aromatic rings. The van der Waals surface area contributed by atoms with Gasteiger partial charge in [-0.2, -0.15) is 0 Å². The van der Waals surface area contributed by atoms with Gasteiger partial charge in [-0.1, -0.05) is 238 Å². The fourth-order valence-corrected chi connectivity index (χ4v) is 15.5. The lowest BCUT2D eigenvalue weighted by molar-refractivity contribution is -0.315. The summed E-state index contributed by atoms with van der Waals surface area (Å²) in [6, 6.07) is 70.1. The standard InChI is InChI=1S/C64H67N3O9Si/c1-47(68)74-60-57(66-67-65)61(70-43-41-64(50-30-16-7-17-31-50,51-32-18-8-19-33-51)52-34-20-9-21-35-52)75-56(46-73-77(63(2,3)4,53-36-22-10-23-37-53)54-38-24-11-25-39-54)58(60)76-62-59(72-45-49-28-14-6-15-29-49)55(40-42-69-62)71-44-48-26-12-5-13-27-48/h5-40,42,55-62H,41,43-46H2,1-4H3/t55-,56+,57+,58+,59+,60+,61+,62+/m0/s1. The summed E-state index contributed by atoms with van der Waals surface area (Å²) in [5, 5.41) is 5.99. The van der Waals surface area contributed by atoms with Crippen molar-refractivity contribution in [2.45, 2.75) is 107 Å². The van der Waals surface area contributed by atoms with E-state index >= 15 is 0 Å². The highest BCUT2D eigenvalue weighted by molar-refractivity contribution is 6.99. The zero-order valence-electron chi connectivity index (χ0n) is 44.0. The minimum absolute atomic E-state index is 0.0629. The van der Waals surface area contributed by atoms with Crippen LogP contribution in [0.1, 0.15) is 61.9 Å². The second-order valence-corrected chi connectivity index (χ2v) is 24.7. The lowest BCUT2D eigenvalue weighted by Crippen LogP contribution is -2.68. The normalized spacial score (nSPS) is 21.6. The lowest BCUT2D eigenvalue weighted by Gasteiger charge is -2.48. The van der Waals surface area contributed by atoms with Gasteiger partial charge in [-0.15, -0.1) is 0 Å². The van der Waals surface area contributed by atoms with Crippen LogP contribution in [0, 0.1) is 0 Å². The average Bonchev–Trinajstić information content (AvgIpc) is 3.48. The van der Waals surface area contributed by atoms with Crippen molar-refractivity contribution >= 4 is 24.7 Å². The third-order valence-corrected chi connectivity index (χ3v) is 19.5. The van der Waals surface area contributed by atoms with Crippen LogP contribution in [0.3, 0.4) is 0 Å². The fourth-order valence-electron chi connectivity index (χ4n) is 10.9. The number of rotatable bonds is 22. The highest BCUT2D eigenvalue weighted by atomic mass is 28.4. The van der Waals surface area contributed by atoms with E-state index in [2.05, 4.69) is 91.5 Å². The first kappa shape index (κ1) is 54.6. The maximum absolute atomic E-state index is 13.5. The Morgan fingerprint density at radius 2 is 1.06 bits per heavy atom. The topological polar surface area (TPSA) is 140 Å². The Hall–Kier alpha value is -7.16. The van der Waals surface area contributed by atoms with Gasteiger partial charge >= 0.3 is 5.97 Å². The van der Waals surface area contributed by atoms with Gasteiger partial charge in [-0.25, -0.2) is 0 Å². The molecule has 0 spiro atoms. The Balaban J connectivity index is 1.12. The number of carbonyl (C=O) groups is 1. The number of benzene rings is 7. The SMILES string of the molecule is CC(=O)O[C@@H]1[C@@H](N=[N+]=[N-])[C@H](OCCC(c2ccccc2)(c2ccccc2)c2ccccc2)O[C@H](CO[Si](c2ccccc2)(c2ccccc2)C(C)(C)C)[C@H]1O[C@H]1OC=C[C@H](OCc2ccccc2)[C@H]1OCc1ccccc1. The smallest absolute Gasteiger partial charge is 0.303 e. The van der Waals surface area contributed by atoms with Crippen LogP contribution in [-0.4, -0.2) is 76.6 Å². The number of carbonyl (C=O) groups excluding carboxylic acids is 1. The van der Waals surface area contributed by atoms with Crippen LogP contribution in [-0.2, 0) is 61.0 Å². The summed E-state index contributed by atoms with van der Waals surface area (Å²) in [4.78, 5) is 16.9. The number of ether oxygens (including phenoxy) is 7. The number of hydrogen-bond acceptors (Lipinski definition) is 10. The predicted molar refractivity (Wildman–Crippen MR) is 299 cm³/mol. The average molecular weight is 1050 g/mol. The summed E-state index contributed by atoms with van der Waals surface area (Å²) in [5.74, 6) is -0.629. The molecular weight excluding hydrogens is 983 g/mol. The van der Waals surface area contributed by atoms with Gasteiger partial charge in [0.25, 0.3) is 8.32 Å². The Labute approximate surface area is 453 Å². The zero-order chi connectivity index (χ0) is 53.5. The maximum Gasteiger partial charge on any atom is 0.303 e. The van der Waals surface area contributed by atoms with Gasteiger partial charge in [0.2, 0.25) is 6.29 Å². The Kier molecular flexibility index (Phi) is 18.3. The summed E-state index contributed by atoms with van der Waals surface area (Å²) in [6.07, 6.45) is -3.59. The Morgan fingerprint density at radius 1 is 0.597 bits per heavy atom. The van der Waals surface area contributed by atoms with Crippen LogP contribution in [0.2, 0.25) is 5.04 Å². The van der Waals surface area contributed by atoms with Crippen molar-refractivity contribution in [3.8, 4) is 0 Å². The summed E-state index contributed by atoms with van der Waals surface area (Å²) in [7, 11) is -3.26. The molecule has 0 saturated carbocycles. The molecule has 13 heteroatoms. The molecule has 0 radical (unpaired) electrons. The quantitative estimate of drug-likeness (QED) is 0.0162. The molecule has 9 rings (SSSR count). The second-order valence-electron chi connectivity index (χ2n) is 20.4. The largest absolute Gasteiger partial charge is 0.470 e. The number of esters is 1. The van der Waals surface area contributed by atoms with E-state index in [9.17, 15) is 10.3 Å². The zero-order valence-corrected chi connectivity index (χ0v) is 45.0. The van der Waals surface area contributed by atoms with Crippen LogP contribution in [0.15, 0.2) is 230 Å². The highest BCUT2D eigenvalue weighted by Crippen LogP contribution is 2.44. The first-order valence-corrected chi connectivity index (χ1v) is 28.2. The van der Waals surface area contributed by atoms with Gasteiger partial charge in [0.15, 0.2) is 6.29 Å². The van der Waals surface area contributed by atoms with Crippen LogP contribution in [0.4, 0.5) is 0 Å². The van der Waals surface area contributed by atoms with E-state index in [-0.39, 0.29) is 26.4 Å². The molecule has 0 unspecified atom stereocenters. The molecule has 0 bridgehead atoms. The molecule has 2 aliphatic heterocycles. The molecule has 2 aliphatic rings. The van der Waals surface area contributed by atoms with Gasteiger partial charge < -0.3 is 37.6 Å². The van der Waals surface area contributed by atoms with Gasteiger partial charge in [0.1, 0.15) is 36.6 Å². The predicted octanol–water partition coefficient (Wildman–Crippen LogP) is 11.8. The molecular formula is C64H67N3O9Si. The van der Waals surface area contributed by atoms with E-state index in [4.69, 9.17) is 37.6 Å². The van der Waals surface area contributed by atoms with E-state index in [1.165, 1.54) is 13.2 Å². The van der Waals surface area contributed by atoms with E-state index in [0.717, 1.165) is 38.2 Å². The molecule has 1 saturated heterocycles. The summed E-state index contributed by atoms with van der Waals surface area (Å²) >= 11 is 0. The number of azide groups is 1. The van der Waals surface area contributed by atoms with Crippen molar-refractivity contribution in [2.75, 3.05) is 13.2 Å². The summed E-state index contributed by atoms with van der Waals surface area (Å²) < 4.78 is 54.9. The van der Waals surface area contributed by atoms with E-state index in [0.29, 0.717) is 6.42 Å². The number of hydrogen-bond donors (Lipinski definition) is 0. The molecule has 396 valence electrons. The van der Waals surface area contributed by atoms with Gasteiger partial charge in [0.05, 0.1) is 32.7 Å². The van der Waals surface area contributed by atoms with Crippen molar-refractivity contribution in [3.05, 3.63) is 263 Å². The molecule has 77 heavy (non-hydrogen) atoms. The van der Waals surface area contributed by atoms with Crippen molar-refractivity contribution < 1.29 is 42.4 Å². The maximum atomic E-state index is 13.5. The fraction of sp³-hybridized carbons (Fsp3) is 0.297. The molecule has 0 aromatic heterocycles. The molecule has 12 nitrogen and oxygen atoms in total. The van der Waals surface area contributed by atoms with Crippen LogP contribution < -0.4 is 10.4 Å². The molecule has 2 heterocycles. The van der Waals surface area contributed by atoms with Crippen molar-refractivity contribution in [3.63, 3.8) is 0 Å². The van der Waals surface area contributed by atoms with E-state index in [1.807, 2.05) is 152 Å². The molecule has 8 atom stereocenters. The summed E-state index contributed by atoms with van der Waals surface area (Å²) in [6.45, 7) is 8.46. The van der Waals surface area contributed by atoms with E-state index in [1.54, 1.807) is 6.08 Å². The molecule has 7 aromatic carbocycles.